The van der Waals surface area contributed by atoms with E-state index in [1.165, 1.54) is 0 Å². The molecule has 0 unspecified atom stereocenters. The topological polar surface area (TPSA) is 77.8 Å². The minimum Gasteiger partial charge on any atom is -0.368 e. The van der Waals surface area contributed by atoms with Crippen molar-refractivity contribution in [1.29, 1.82) is 0 Å². The molecule has 0 saturated carbocycles. The molecule has 0 amide bonds. The van der Waals surface area contributed by atoms with Crippen LogP contribution >= 0.6 is 0 Å². The smallest absolute Gasteiger partial charge is 0.220 e. The fourth-order valence-electron chi connectivity index (χ4n) is 0.754. The Kier molecular flexibility index (Phi) is 2.62. The molecule has 1 heterocycles. The lowest BCUT2D eigenvalue weighted by Gasteiger charge is -1.96. The van der Waals surface area contributed by atoms with Gasteiger partial charge >= 0.3 is 0 Å². The molecule has 0 spiro atoms. The van der Waals surface area contributed by atoms with E-state index in [4.69, 9.17) is 11.5 Å². The van der Waals surface area contributed by atoms with E-state index < -0.39 is 0 Å². The Bertz CT molecular complexity index is 335. The zero-order valence-electron chi connectivity index (χ0n) is 6.83. The third-order valence-electron chi connectivity index (χ3n) is 1.32. The molecule has 4 N–H and O–H groups in total. The van der Waals surface area contributed by atoms with Gasteiger partial charge in [0.15, 0.2) is 0 Å². The fraction of sp³-hybridized carbons (Fsp3) is 0.250. The summed E-state index contributed by atoms with van der Waals surface area (Å²) < 4.78 is 0. The monoisotopic (exact) mass is 162 g/mol. The van der Waals surface area contributed by atoms with Gasteiger partial charge in [-0.3, -0.25) is 0 Å². The Morgan fingerprint density at radius 2 is 2.33 bits per heavy atom. The first-order chi connectivity index (χ1) is 5.74. The minimum atomic E-state index is 0.269. The van der Waals surface area contributed by atoms with Gasteiger partial charge in [0.25, 0.3) is 0 Å². The highest BCUT2D eigenvalue weighted by Gasteiger charge is 1.96. The molecular weight excluding hydrogens is 152 g/mol. The molecule has 1 aromatic rings. The van der Waals surface area contributed by atoms with Gasteiger partial charge in [-0.1, -0.05) is 11.8 Å². The van der Waals surface area contributed by atoms with Crippen LogP contribution in [0.25, 0.3) is 0 Å². The SMILES string of the molecule is Cc1nc(N)ncc1C#CCN. The van der Waals surface area contributed by atoms with Crippen molar-refractivity contribution in [2.75, 3.05) is 12.3 Å². The van der Waals surface area contributed by atoms with Gasteiger partial charge < -0.3 is 11.5 Å². The highest BCUT2D eigenvalue weighted by atomic mass is 15.0. The van der Waals surface area contributed by atoms with Crippen LogP contribution in [0.15, 0.2) is 6.20 Å². The Morgan fingerprint density at radius 3 is 2.92 bits per heavy atom. The van der Waals surface area contributed by atoms with Gasteiger partial charge in [-0.05, 0) is 6.92 Å². The maximum absolute atomic E-state index is 5.36. The van der Waals surface area contributed by atoms with Crippen molar-refractivity contribution < 1.29 is 0 Å². The van der Waals surface area contributed by atoms with E-state index in [1.807, 2.05) is 6.92 Å². The summed E-state index contributed by atoms with van der Waals surface area (Å²) in [7, 11) is 0. The van der Waals surface area contributed by atoms with Gasteiger partial charge in [-0.15, -0.1) is 0 Å². The molecule has 0 aliphatic heterocycles. The molecule has 0 saturated heterocycles. The van der Waals surface area contributed by atoms with Crippen molar-refractivity contribution in [3.8, 4) is 11.8 Å². The van der Waals surface area contributed by atoms with E-state index in [2.05, 4.69) is 21.8 Å². The first-order valence-corrected chi connectivity index (χ1v) is 3.52. The largest absolute Gasteiger partial charge is 0.368 e. The van der Waals surface area contributed by atoms with Crippen molar-refractivity contribution in [1.82, 2.24) is 9.97 Å². The van der Waals surface area contributed by atoms with Crippen molar-refractivity contribution in [2.24, 2.45) is 5.73 Å². The second-order valence-electron chi connectivity index (χ2n) is 2.23. The number of aryl methyl sites for hydroxylation is 1. The van der Waals surface area contributed by atoms with Gasteiger partial charge in [0.05, 0.1) is 17.8 Å². The predicted molar refractivity (Wildman–Crippen MR) is 47.1 cm³/mol. The van der Waals surface area contributed by atoms with Crippen LogP contribution in [-0.4, -0.2) is 16.5 Å². The Morgan fingerprint density at radius 1 is 1.58 bits per heavy atom. The third-order valence-corrected chi connectivity index (χ3v) is 1.32. The standard InChI is InChI=1S/C8H10N4/c1-6-7(3-2-4-9)5-11-8(10)12-6/h5H,4,9H2,1H3,(H2,10,11,12). The molecule has 4 heteroatoms. The number of rotatable bonds is 0. The minimum absolute atomic E-state index is 0.269. The summed E-state index contributed by atoms with van der Waals surface area (Å²) in [5, 5.41) is 0. The third kappa shape index (κ3) is 1.94. The summed E-state index contributed by atoms with van der Waals surface area (Å²) in [4.78, 5) is 7.77. The number of hydrogen-bond donors (Lipinski definition) is 2. The van der Waals surface area contributed by atoms with E-state index in [9.17, 15) is 0 Å². The second kappa shape index (κ2) is 3.69. The van der Waals surface area contributed by atoms with Crippen LogP contribution in [0.5, 0.6) is 0 Å². The van der Waals surface area contributed by atoms with Crippen LogP contribution in [0.1, 0.15) is 11.3 Å². The lowest BCUT2D eigenvalue weighted by Crippen LogP contribution is -1.99. The van der Waals surface area contributed by atoms with Gasteiger partial charge in [0, 0.05) is 6.20 Å². The van der Waals surface area contributed by atoms with Crippen LogP contribution in [0.2, 0.25) is 0 Å². The summed E-state index contributed by atoms with van der Waals surface area (Å²) in [6, 6.07) is 0. The average Bonchev–Trinajstić information content (AvgIpc) is 2.03. The first-order valence-electron chi connectivity index (χ1n) is 3.52. The lowest BCUT2D eigenvalue weighted by atomic mass is 10.2. The molecule has 12 heavy (non-hydrogen) atoms. The predicted octanol–water partition coefficient (Wildman–Crippen LogP) is -0.323. The summed E-state index contributed by atoms with van der Waals surface area (Å²) in [5.41, 5.74) is 12.1. The quantitative estimate of drug-likeness (QED) is 0.512. The van der Waals surface area contributed by atoms with Crippen LogP contribution in [0.4, 0.5) is 5.95 Å². The average molecular weight is 162 g/mol. The van der Waals surface area contributed by atoms with Crippen LogP contribution in [0, 0.1) is 18.8 Å². The molecule has 0 aromatic carbocycles. The molecule has 0 bridgehead atoms. The molecule has 1 rings (SSSR count). The highest BCUT2D eigenvalue weighted by molar-refractivity contribution is 5.37. The maximum Gasteiger partial charge on any atom is 0.220 e. The summed E-state index contributed by atoms with van der Waals surface area (Å²) in [6.07, 6.45) is 1.60. The number of nitrogens with two attached hydrogens (primary N) is 2. The Labute approximate surface area is 71.0 Å². The van der Waals surface area contributed by atoms with Crippen LogP contribution in [-0.2, 0) is 0 Å². The molecule has 62 valence electrons. The van der Waals surface area contributed by atoms with Crippen molar-refractivity contribution in [3.63, 3.8) is 0 Å². The van der Waals surface area contributed by atoms with Gasteiger partial charge in [-0.25, -0.2) is 9.97 Å². The fourth-order valence-corrected chi connectivity index (χ4v) is 0.754. The highest BCUT2D eigenvalue weighted by Crippen LogP contribution is 2.01. The number of nitrogens with zero attached hydrogens (tertiary/aromatic N) is 2. The van der Waals surface area contributed by atoms with E-state index in [0.717, 1.165) is 11.3 Å². The molecule has 0 fully saturated rings. The Balaban J connectivity index is 3.01. The number of aromatic nitrogens is 2. The summed E-state index contributed by atoms with van der Waals surface area (Å²) >= 11 is 0. The molecule has 1 aromatic heterocycles. The Hall–Kier alpha value is -1.60. The zero-order chi connectivity index (χ0) is 8.97. The molecular formula is C8H10N4. The van der Waals surface area contributed by atoms with Gasteiger partial charge in [0.1, 0.15) is 0 Å². The van der Waals surface area contributed by atoms with Crippen LogP contribution < -0.4 is 11.5 Å². The van der Waals surface area contributed by atoms with Gasteiger partial charge in [-0.2, -0.15) is 0 Å². The van der Waals surface area contributed by atoms with Crippen molar-refractivity contribution in [2.45, 2.75) is 6.92 Å². The van der Waals surface area contributed by atoms with E-state index in [1.54, 1.807) is 6.20 Å². The van der Waals surface area contributed by atoms with Crippen LogP contribution in [0.3, 0.4) is 0 Å². The summed E-state index contributed by atoms with van der Waals surface area (Å²) in [6.45, 7) is 2.17. The first kappa shape index (κ1) is 8.50. The number of anilines is 1. The molecule has 0 aliphatic carbocycles. The second-order valence-corrected chi connectivity index (χ2v) is 2.23. The molecule has 0 aliphatic rings. The van der Waals surface area contributed by atoms with E-state index >= 15 is 0 Å². The normalized spacial score (nSPS) is 8.83. The van der Waals surface area contributed by atoms with E-state index in [0.29, 0.717) is 6.54 Å². The molecule has 0 atom stereocenters. The molecule has 0 radical (unpaired) electrons. The zero-order valence-corrected chi connectivity index (χ0v) is 6.83. The summed E-state index contributed by atoms with van der Waals surface area (Å²) in [5.74, 6) is 5.84. The van der Waals surface area contributed by atoms with E-state index in [-0.39, 0.29) is 5.95 Å². The lowest BCUT2D eigenvalue weighted by molar-refractivity contribution is 1.10. The van der Waals surface area contributed by atoms with Crippen molar-refractivity contribution in [3.05, 3.63) is 17.5 Å². The maximum atomic E-state index is 5.36. The number of nitrogen functional groups attached to an aromatic ring is 1. The van der Waals surface area contributed by atoms with Gasteiger partial charge in [0.2, 0.25) is 5.95 Å². The number of hydrogen-bond acceptors (Lipinski definition) is 4. The van der Waals surface area contributed by atoms with Crippen molar-refractivity contribution >= 4 is 5.95 Å². The molecule has 4 nitrogen and oxygen atoms in total.